The lowest BCUT2D eigenvalue weighted by Gasteiger charge is -2.29. The van der Waals surface area contributed by atoms with E-state index in [1.54, 1.807) is 43.3 Å². The predicted molar refractivity (Wildman–Crippen MR) is 110 cm³/mol. The molecule has 0 aromatic heterocycles. The van der Waals surface area contributed by atoms with Crippen LogP contribution in [0.25, 0.3) is 0 Å². The van der Waals surface area contributed by atoms with Crippen LogP contribution in [0.1, 0.15) is 31.9 Å². The van der Waals surface area contributed by atoms with Crippen molar-refractivity contribution in [2.45, 2.75) is 45.8 Å². The Hall–Kier alpha value is -2.11. The van der Waals surface area contributed by atoms with E-state index < -0.39 is 11.9 Å². The SMILES string of the molecule is CC(C)NC(=O)[C@H](C)N(Cc1ccccc1F)C(=O)Cc1ccc(Cl)cc1Cl. The molecule has 2 amide bonds. The van der Waals surface area contributed by atoms with Gasteiger partial charge in [0.2, 0.25) is 11.8 Å². The van der Waals surface area contributed by atoms with Gasteiger partial charge in [0.05, 0.1) is 6.42 Å². The molecule has 7 heteroatoms. The quantitative estimate of drug-likeness (QED) is 0.704. The molecule has 1 N–H and O–H groups in total. The third-order valence-corrected chi connectivity index (χ3v) is 4.84. The molecule has 1 atom stereocenters. The second kappa shape index (κ2) is 9.89. The largest absolute Gasteiger partial charge is 0.352 e. The molecule has 0 bridgehead atoms. The number of nitrogens with one attached hydrogen (secondary N) is 1. The van der Waals surface area contributed by atoms with Crippen molar-refractivity contribution in [1.82, 2.24) is 10.2 Å². The fourth-order valence-corrected chi connectivity index (χ4v) is 3.20. The van der Waals surface area contributed by atoms with Crippen LogP contribution in [0.15, 0.2) is 42.5 Å². The van der Waals surface area contributed by atoms with Crippen molar-refractivity contribution in [3.63, 3.8) is 0 Å². The maximum atomic E-state index is 14.1. The summed E-state index contributed by atoms with van der Waals surface area (Å²) in [6.45, 7) is 5.27. The third kappa shape index (κ3) is 5.94. The summed E-state index contributed by atoms with van der Waals surface area (Å²) in [6.07, 6.45) is -0.0241. The molecule has 0 heterocycles. The summed E-state index contributed by atoms with van der Waals surface area (Å²) in [4.78, 5) is 26.9. The number of amides is 2. The molecule has 0 unspecified atom stereocenters. The Morgan fingerprint density at radius 2 is 1.75 bits per heavy atom. The lowest BCUT2D eigenvalue weighted by molar-refractivity contribution is -0.140. The molecule has 0 fully saturated rings. The molecule has 2 aromatic rings. The molecule has 0 aliphatic carbocycles. The van der Waals surface area contributed by atoms with Gasteiger partial charge in [-0.2, -0.15) is 0 Å². The van der Waals surface area contributed by atoms with Crippen LogP contribution in [-0.2, 0) is 22.6 Å². The molecular weight excluding hydrogens is 402 g/mol. The first-order valence-corrected chi connectivity index (χ1v) is 9.71. The van der Waals surface area contributed by atoms with Gasteiger partial charge in [-0.25, -0.2) is 4.39 Å². The highest BCUT2D eigenvalue weighted by Crippen LogP contribution is 2.23. The average Bonchev–Trinajstić information content (AvgIpc) is 2.62. The standard InChI is InChI=1S/C21H23Cl2FN2O2/c1-13(2)25-21(28)14(3)26(12-16-6-4-5-7-19(16)24)20(27)10-15-8-9-17(22)11-18(15)23/h4-9,11,13-14H,10,12H2,1-3H3,(H,25,28)/t14-/m0/s1. The van der Waals surface area contributed by atoms with E-state index in [0.29, 0.717) is 21.2 Å². The summed E-state index contributed by atoms with van der Waals surface area (Å²) in [5.41, 5.74) is 0.924. The van der Waals surface area contributed by atoms with Crippen molar-refractivity contribution >= 4 is 35.0 Å². The highest BCUT2D eigenvalue weighted by Gasteiger charge is 2.27. The first kappa shape index (κ1) is 22.2. The predicted octanol–water partition coefficient (Wildman–Crippen LogP) is 4.62. The van der Waals surface area contributed by atoms with Gasteiger partial charge in [-0.1, -0.05) is 47.5 Å². The summed E-state index contributed by atoms with van der Waals surface area (Å²) in [7, 11) is 0. The molecule has 2 aromatic carbocycles. The summed E-state index contributed by atoms with van der Waals surface area (Å²) < 4.78 is 14.1. The smallest absolute Gasteiger partial charge is 0.242 e. The van der Waals surface area contributed by atoms with Gasteiger partial charge in [0, 0.05) is 28.2 Å². The first-order chi connectivity index (χ1) is 13.2. The number of benzene rings is 2. The molecule has 0 spiro atoms. The molecule has 0 saturated carbocycles. The Kier molecular flexibility index (Phi) is 7.84. The van der Waals surface area contributed by atoms with E-state index >= 15 is 0 Å². The van der Waals surface area contributed by atoms with Crippen molar-refractivity contribution < 1.29 is 14.0 Å². The van der Waals surface area contributed by atoms with Crippen LogP contribution in [0.3, 0.4) is 0 Å². The highest BCUT2D eigenvalue weighted by atomic mass is 35.5. The van der Waals surface area contributed by atoms with Crippen LogP contribution >= 0.6 is 23.2 Å². The highest BCUT2D eigenvalue weighted by molar-refractivity contribution is 6.35. The van der Waals surface area contributed by atoms with Gasteiger partial charge >= 0.3 is 0 Å². The Morgan fingerprint density at radius 1 is 1.07 bits per heavy atom. The van der Waals surface area contributed by atoms with Crippen molar-refractivity contribution in [3.8, 4) is 0 Å². The summed E-state index contributed by atoms with van der Waals surface area (Å²) in [5, 5.41) is 3.62. The minimum Gasteiger partial charge on any atom is -0.352 e. The summed E-state index contributed by atoms with van der Waals surface area (Å²) >= 11 is 12.1. The number of halogens is 3. The van der Waals surface area contributed by atoms with Crippen molar-refractivity contribution in [2.75, 3.05) is 0 Å². The van der Waals surface area contributed by atoms with Gasteiger partial charge in [-0.3, -0.25) is 9.59 Å². The molecule has 0 aliphatic rings. The van der Waals surface area contributed by atoms with Gasteiger partial charge in [-0.05, 0) is 44.5 Å². The lowest BCUT2D eigenvalue weighted by atomic mass is 10.1. The van der Waals surface area contributed by atoms with Crippen LogP contribution in [-0.4, -0.2) is 28.8 Å². The van der Waals surface area contributed by atoms with Gasteiger partial charge < -0.3 is 10.2 Å². The molecule has 0 radical (unpaired) electrons. The number of rotatable bonds is 7. The normalized spacial score (nSPS) is 12.0. The van der Waals surface area contributed by atoms with E-state index in [4.69, 9.17) is 23.2 Å². The minimum absolute atomic E-state index is 0.0241. The molecule has 0 aliphatic heterocycles. The number of hydrogen-bond acceptors (Lipinski definition) is 2. The molecule has 28 heavy (non-hydrogen) atoms. The molecule has 0 saturated heterocycles. The van der Waals surface area contributed by atoms with Crippen molar-refractivity contribution in [2.24, 2.45) is 0 Å². The number of carbonyl (C=O) groups excluding carboxylic acids is 2. The Balaban J connectivity index is 2.29. The summed E-state index contributed by atoms with van der Waals surface area (Å²) in [6, 6.07) is 10.2. The minimum atomic E-state index is -0.777. The van der Waals surface area contributed by atoms with Gasteiger partial charge in [0.15, 0.2) is 0 Å². The van der Waals surface area contributed by atoms with Crippen molar-refractivity contribution in [1.29, 1.82) is 0 Å². The van der Waals surface area contributed by atoms with Gasteiger partial charge in [0.25, 0.3) is 0 Å². The van der Waals surface area contributed by atoms with E-state index in [-0.39, 0.29) is 30.8 Å². The Morgan fingerprint density at radius 3 is 2.36 bits per heavy atom. The maximum Gasteiger partial charge on any atom is 0.242 e. The number of carbonyl (C=O) groups is 2. The zero-order valence-electron chi connectivity index (χ0n) is 16.0. The topological polar surface area (TPSA) is 49.4 Å². The number of hydrogen-bond donors (Lipinski definition) is 1. The molecule has 2 rings (SSSR count). The van der Waals surface area contributed by atoms with E-state index in [0.717, 1.165) is 0 Å². The average molecular weight is 425 g/mol. The van der Waals surface area contributed by atoms with E-state index in [2.05, 4.69) is 5.32 Å². The van der Waals surface area contributed by atoms with E-state index in [1.807, 2.05) is 13.8 Å². The zero-order valence-corrected chi connectivity index (χ0v) is 17.5. The second-order valence-electron chi connectivity index (χ2n) is 6.86. The second-order valence-corrected chi connectivity index (χ2v) is 7.71. The molecule has 150 valence electrons. The van der Waals surface area contributed by atoms with Gasteiger partial charge in [-0.15, -0.1) is 0 Å². The van der Waals surface area contributed by atoms with Crippen LogP contribution in [0.5, 0.6) is 0 Å². The number of nitrogens with zero attached hydrogens (tertiary/aromatic N) is 1. The summed E-state index contributed by atoms with van der Waals surface area (Å²) in [5.74, 6) is -1.07. The van der Waals surface area contributed by atoms with Crippen LogP contribution in [0.4, 0.5) is 4.39 Å². The lowest BCUT2D eigenvalue weighted by Crippen LogP contribution is -2.49. The first-order valence-electron chi connectivity index (χ1n) is 8.96. The van der Waals surface area contributed by atoms with Crippen LogP contribution in [0.2, 0.25) is 10.0 Å². The fourth-order valence-electron chi connectivity index (χ4n) is 2.73. The zero-order chi connectivity index (χ0) is 20.8. The van der Waals surface area contributed by atoms with E-state index in [1.165, 1.54) is 11.0 Å². The molecule has 4 nitrogen and oxygen atoms in total. The third-order valence-electron chi connectivity index (χ3n) is 4.25. The molecular formula is C21H23Cl2FN2O2. The van der Waals surface area contributed by atoms with Gasteiger partial charge in [0.1, 0.15) is 11.9 Å². The fraction of sp³-hybridized carbons (Fsp3) is 0.333. The van der Waals surface area contributed by atoms with E-state index in [9.17, 15) is 14.0 Å². The Labute approximate surface area is 174 Å². The van der Waals surface area contributed by atoms with Crippen LogP contribution in [0, 0.1) is 5.82 Å². The van der Waals surface area contributed by atoms with Crippen molar-refractivity contribution in [3.05, 3.63) is 69.5 Å². The maximum absolute atomic E-state index is 14.1. The van der Waals surface area contributed by atoms with Crippen LogP contribution < -0.4 is 5.32 Å². The Bertz CT molecular complexity index is 858. The monoisotopic (exact) mass is 424 g/mol.